The monoisotopic (exact) mass is 239 g/mol. The molecule has 2 aromatic rings. The van der Waals surface area contributed by atoms with Gasteiger partial charge in [-0.05, 0) is 55.3 Å². The van der Waals surface area contributed by atoms with Gasteiger partial charge in [-0.3, -0.25) is 0 Å². The average Bonchev–Trinajstić information content (AvgIpc) is 2.34. The molecule has 0 heterocycles. The molecule has 0 aromatic heterocycles. The van der Waals surface area contributed by atoms with E-state index in [1.807, 2.05) is 19.9 Å². The van der Waals surface area contributed by atoms with E-state index in [1.165, 1.54) is 0 Å². The van der Waals surface area contributed by atoms with E-state index < -0.39 is 0 Å². The van der Waals surface area contributed by atoms with Crippen LogP contribution in [0.3, 0.4) is 0 Å². The van der Waals surface area contributed by atoms with E-state index in [0.29, 0.717) is 17.1 Å². The summed E-state index contributed by atoms with van der Waals surface area (Å²) in [5.41, 5.74) is 2.46. The second kappa shape index (κ2) is 4.80. The van der Waals surface area contributed by atoms with Crippen molar-refractivity contribution in [2.24, 2.45) is 0 Å². The van der Waals surface area contributed by atoms with Gasteiger partial charge in [0.25, 0.3) is 0 Å². The highest BCUT2D eigenvalue weighted by Gasteiger charge is 2.09. The first-order chi connectivity index (χ1) is 8.60. The van der Waals surface area contributed by atoms with Crippen molar-refractivity contribution in [2.75, 3.05) is 0 Å². The SMILES string of the molecule is Cc1cc(C)c(Oc2ccc(O)cc2)c(C#N)c1. The molecule has 0 aliphatic heterocycles. The van der Waals surface area contributed by atoms with Crippen molar-refractivity contribution in [2.45, 2.75) is 13.8 Å². The van der Waals surface area contributed by atoms with Gasteiger partial charge in [0.2, 0.25) is 0 Å². The van der Waals surface area contributed by atoms with Crippen LogP contribution >= 0.6 is 0 Å². The second-order valence-corrected chi connectivity index (χ2v) is 4.17. The highest BCUT2D eigenvalue weighted by Crippen LogP contribution is 2.30. The molecule has 0 aliphatic rings. The fourth-order valence-corrected chi connectivity index (χ4v) is 1.80. The Morgan fingerprint density at radius 2 is 1.78 bits per heavy atom. The summed E-state index contributed by atoms with van der Waals surface area (Å²) in [5, 5.41) is 18.3. The van der Waals surface area contributed by atoms with Gasteiger partial charge in [0.1, 0.15) is 23.3 Å². The van der Waals surface area contributed by atoms with Crippen LogP contribution < -0.4 is 4.74 Å². The number of benzene rings is 2. The maximum absolute atomic E-state index is 9.21. The van der Waals surface area contributed by atoms with E-state index in [9.17, 15) is 5.11 Å². The van der Waals surface area contributed by atoms with Gasteiger partial charge in [0.05, 0.1) is 5.56 Å². The van der Waals surface area contributed by atoms with Crippen molar-refractivity contribution >= 4 is 0 Å². The molecule has 1 N–H and O–H groups in total. The van der Waals surface area contributed by atoms with E-state index in [0.717, 1.165) is 11.1 Å². The molecule has 3 nitrogen and oxygen atoms in total. The fraction of sp³-hybridized carbons (Fsp3) is 0.133. The third-order valence-electron chi connectivity index (χ3n) is 2.60. The molecule has 0 saturated carbocycles. The summed E-state index contributed by atoms with van der Waals surface area (Å²) in [6.45, 7) is 3.85. The van der Waals surface area contributed by atoms with Gasteiger partial charge < -0.3 is 9.84 Å². The Morgan fingerprint density at radius 3 is 2.39 bits per heavy atom. The van der Waals surface area contributed by atoms with Crippen LogP contribution in [0.1, 0.15) is 16.7 Å². The Labute approximate surface area is 106 Å². The lowest BCUT2D eigenvalue weighted by Crippen LogP contribution is -1.92. The number of aryl methyl sites for hydroxylation is 2. The molecule has 0 bridgehead atoms. The Morgan fingerprint density at radius 1 is 1.11 bits per heavy atom. The maximum atomic E-state index is 9.21. The van der Waals surface area contributed by atoms with Crippen LogP contribution in [0.2, 0.25) is 0 Å². The van der Waals surface area contributed by atoms with Crippen LogP contribution in [0, 0.1) is 25.2 Å². The van der Waals surface area contributed by atoms with E-state index >= 15 is 0 Å². The summed E-state index contributed by atoms with van der Waals surface area (Å²) in [4.78, 5) is 0. The molecular weight excluding hydrogens is 226 g/mol. The Balaban J connectivity index is 2.40. The minimum atomic E-state index is 0.184. The Bertz CT molecular complexity index is 610. The van der Waals surface area contributed by atoms with Crippen LogP contribution in [-0.4, -0.2) is 5.11 Å². The van der Waals surface area contributed by atoms with Crippen molar-refractivity contribution in [1.82, 2.24) is 0 Å². The molecule has 18 heavy (non-hydrogen) atoms. The van der Waals surface area contributed by atoms with E-state index in [4.69, 9.17) is 10.00 Å². The molecule has 0 radical (unpaired) electrons. The molecule has 0 amide bonds. The number of nitriles is 1. The molecule has 0 saturated heterocycles. The topological polar surface area (TPSA) is 53.2 Å². The van der Waals surface area contributed by atoms with Crippen molar-refractivity contribution in [1.29, 1.82) is 5.26 Å². The summed E-state index contributed by atoms with van der Waals surface area (Å²) < 4.78 is 5.71. The molecule has 0 atom stereocenters. The minimum absolute atomic E-state index is 0.184. The molecule has 0 fully saturated rings. The zero-order chi connectivity index (χ0) is 13.1. The molecule has 90 valence electrons. The van der Waals surface area contributed by atoms with E-state index in [2.05, 4.69) is 6.07 Å². The number of nitrogens with zero attached hydrogens (tertiary/aromatic N) is 1. The third kappa shape index (κ3) is 2.44. The standard InChI is InChI=1S/C15H13NO2/c1-10-7-11(2)15(12(8-10)9-16)18-14-5-3-13(17)4-6-14/h3-8,17H,1-2H3. The van der Waals surface area contributed by atoms with Gasteiger partial charge in [-0.15, -0.1) is 0 Å². The molecule has 0 aliphatic carbocycles. The van der Waals surface area contributed by atoms with Gasteiger partial charge in [-0.2, -0.15) is 5.26 Å². The van der Waals surface area contributed by atoms with Crippen LogP contribution in [0.25, 0.3) is 0 Å². The summed E-state index contributed by atoms with van der Waals surface area (Å²) >= 11 is 0. The zero-order valence-electron chi connectivity index (χ0n) is 10.3. The number of phenols is 1. The van der Waals surface area contributed by atoms with Crippen molar-refractivity contribution < 1.29 is 9.84 Å². The van der Waals surface area contributed by atoms with Crippen LogP contribution in [0.5, 0.6) is 17.2 Å². The zero-order valence-corrected chi connectivity index (χ0v) is 10.3. The number of hydrogen-bond donors (Lipinski definition) is 1. The fourth-order valence-electron chi connectivity index (χ4n) is 1.80. The first-order valence-electron chi connectivity index (χ1n) is 5.58. The molecule has 3 heteroatoms. The van der Waals surface area contributed by atoms with Crippen molar-refractivity contribution in [3.63, 3.8) is 0 Å². The third-order valence-corrected chi connectivity index (χ3v) is 2.60. The summed E-state index contributed by atoms with van der Waals surface area (Å²) in [6, 6.07) is 12.3. The summed E-state index contributed by atoms with van der Waals surface area (Å²) in [5.74, 6) is 1.34. The number of rotatable bonds is 2. The van der Waals surface area contributed by atoms with Crippen LogP contribution in [-0.2, 0) is 0 Å². The van der Waals surface area contributed by atoms with Gasteiger partial charge in [0, 0.05) is 0 Å². The number of phenolic OH excluding ortho intramolecular Hbond substituents is 1. The quantitative estimate of drug-likeness (QED) is 0.869. The first-order valence-corrected chi connectivity index (χ1v) is 5.58. The molecule has 0 unspecified atom stereocenters. The number of hydrogen-bond acceptors (Lipinski definition) is 3. The molecule has 2 aromatic carbocycles. The lowest BCUT2D eigenvalue weighted by Gasteiger charge is -2.11. The molecular formula is C15H13NO2. The van der Waals surface area contributed by atoms with Gasteiger partial charge >= 0.3 is 0 Å². The van der Waals surface area contributed by atoms with E-state index in [1.54, 1.807) is 30.3 Å². The Kier molecular flexibility index (Phi) is 3.20. The number of aromatic hydroxyl groups is 1. The van der Waals surface area contributed by atoms with E-state index in [-0.39, 0.29) is 5.75 Å². The van der Waals surface area contributed by atoms with Crippen LogP contribution in [0.15, 0.2) is 36.4 Å². The highest BCUT2D eigenvalue weighted by molar-refractivity contribution is 5.52. The van der Waals surface area contributed by atoms with Crippen molar-refractivity contribution in [3.8, 4) is 23.3 Å². The first kappa shape index (κ1) is 12.0. The molecule has 2 rings (SSSR count). The van der Waals surface area contributed by atoms with Gasteiger partial charge in [-0.25, -0.2) is 0 Å². The average molecular weight is 239 g/mol. The Hall–Kier alpha value is -2.47. The lowest BCUT2D eigenvalue weighted by molar-refractivity contribution is 0.462. The van der Waals surface area contributed by atoms with Crippen LogP contribution in [0.4, 0.5) is 0 Å². The highest BCUT2D eigenvalue weighted by atomic mass is 16.5. The summed E-state index contributed by atoms with van der Waals surface area (Å²) in [6.07, 6.45) is 0. The normalized spacial score (nSPS) is 9.83. The smallest absolute Gasteiger partial charge is 0.148 e. The van der Waals surface area contributed by atoms with Gasteiger partial charge in [-0.1, -0.05) is 6.07 Å². The second-order valence-electron chi connectivity index (χ2n) is 4.17. The molecule has 0 spiro atoms. The van der Waals surface area contributed by atoms with Gasteiger partial charge in [0.15, 0.2) is 0 Å². The predicted molar refractivity (Wildman–Crippen MR) is 68.8 cm³/mol. The largest absolute Gasteiger partial charge is 0.508 e. The maximum Gasteiger partial charge on any atom is 0.148 e. The minimum Gasteiger partial charge on any atom is -0.508 e. The predicted octanol–water partition coefficient (Wildman–Crippen LogP) is 3.67. The lowest BCUT2D eigenvalue weighted by atomic mass is 10.1. The van der Waals surface area contributed by atoms with Crippen molar-refractivity contribution in [3.05, 3.63) is 53.1 Å². The number of ether oxygens (including phenoxy) is 1. The summed E-state index contributed by atoms with van der Waals surface area (Å²) in [7, 11) is 0.